The molecule has 0 atom stereocenters. The van der Waals surface area contributed by atoms with Crippen LogP contribution in [-0.2, 0) is 0 Å². The van der Waals surface area contributed by atoms with Crippen LogP contribution in [0.2, 0.25) is 0 Å². The molecule has 0 aliphatic carbocycles. The fourth-order valence-electron chi connectivity index (χ4n) is 3.46. The molecule has 5 heteroatoms. The van der Waals surface area contributed by atoms with E-state index in [9.17, 15) is 5.11 Å². The first kappa shape index (κ1) is 21.7. The molecule has 4 rings (SSSR count). The Balaban J connectivity index is 1.87. The van der Waals surface area contributed by atoms with Crippen LogP contribution >= 0.6 is 0 Å². The summed E-state index contributed by atoms with van der Waals surface area (Å²) in [7, 11) is 0. The normalized spacial score (nSPS) is 10.5. The second-order valence-corrected chi connectivity index (χ2v) is 7.55. The number of nitrogens with zero attached hydrogens (tertiary/aromatic N) is 4. The maximum absolute atomic E-state index is 9.90. The monoisotopic (exact) mass is 432 g/mol. The minimum atomic E-state index is -0.124. The Morgan fingerprint density at radius 3 is 1.58 bits per heavy atom. The Labute approximate surface area is 193 Å². The summed E-state index contributed by atoms with van der Waals surface area (Å²) in [5, 5.41) is 9.90. The van der Waals surface area contributed by atoms with Crippen molar-refractivity contribution in [3.63, 3.8) is 0 Å². The first-order valence-electron chi connectivity index (χ1n) is 10.4. The molecule has 0 unspecified atom stereocenters. The summed E-state index contributed by atoms with van der Waals surface area (Å²) in [6, 6.07) is 27.3. The highest BCUT2D eigenvalue weighted by Gasteiger charge is 2.16. The molecule has 0 saturated heterocycles. The molecular weight excluding hydrogens is 408 g/mol. The zero-order chi connectivity index (χ0) is 23.4. The summed E-state index contributed by atoms with van der Waals surface area (Å²) >= 11 is 0. The molecule has 1 heterocycles. The molecule has 3 aromatic carbocycles. The lowest BCUT2D eigenvalue weighted by Gasteiger charge is -2.26. The van der Waals surface area contributed by atoms with Crippen molar-refractivity contribution < 1.29 is 5.11 Å². The Hall–Kier alpha value is -4.51. The van der Waals surface area contributed by atoms with Gasteiger partial charge in [-0.1, -0.05) is 92.5 Å². The van der Waals surface area contributed by atoms with Gasteiger partial charge in [0, 0.05) is 28.1 Å². The number of rotatable bonds is 7. The Morgan fingerprint density at radius 1 is 0.667 bits per heavy atom. The summed E-state index contributed by atoms with van der Waals surface area (Å²) in [6.07, 6.45) is 0. The van der Waals surface area contributed by atoms with Crippen molar-refractivity contribution in [2.24, 2.45) is 0 Å². The van der Waals surface area contributed by atoms with E-state index in [0.717, 1.165) is 22.4 Å². The quantitative estimate of drug-likeness (QED) is 0.257. The lowest BCUT2D eigenvalue weighted by molar-refractivity contribution is 0.424. The number of hydrogen-bond acceptors (Lipinski definition) is 5. The molecule has 0 radical (unpaired) electrons. The number of hydrogen-bond donors (Lipinski definition) is 1. The van der Waals surface area contributed by atoms with Gasteiger partial charge in [0.15, 0.2) is 17.5 Å². The molecule has 0 amide bonds. The Morgan fingerprint density at radius 2 is 1.12 bits per heavy atom. The molecule has 162 valence electrons. The Bertz CT molecular complexity index is 1270. The van der Waals surface area contributed by atoms with Gasteiger partial charge >= 0.3 is 0 Å². The number of aromatic nitrogens is 3. The zero-order valence-electron chi connectivity index (χ0n) is 18.4. The second-order valence-electron chi connectivity index (χ2n) is 7.55. The van der Waals surface area contributed by atoms with Crippen LogP contribution in [0.4, 0.5) is 5.69 Å². The molecule has 1 N–H and O–H groups in total. The molecule has 0 aliphatic rings. The fraction of sp³-hybridized carbons (Fsp3) is 0.0357. The largest absolute Gasteiger partial charge is 0.506 e. The predicted octanol–water partition coefficient (Wildman–Crippen LogP) is 6.80. The first-order valence-corrected chi connectivity index (χ1v) is 10.4. The Kier molecular flexibility index (Phi) is 6.13. The van der Waals surface area contributed by atoms with Crippen molar-refractivity contribution in [1.29, 1.82) is 0 Å². The lowest BCUT2D eigenvalue weighted by atomic mass is 10.1. The van der Waals surface area contributed by atoms with Gasteiger partial charge in [0.25, 0.3) is 0 Å². The van der Waals surface area contributed by atoms with Gasteiger partial charge in [-0.25, -0.2) is 15.0 Å². The van der Waals surface area contributed by atoms with Crippen LogP contribution < -0.4 is 4.90 Å². The van der Waals surface area contributed by atoms with Gasteiger partial charge in [-0.2, -0.15) is 0 Å². The molecule has 33 heavy (non-hydrogen) atoms. The topological polar surface area (TPSA) is 62.1 Å². The van der Waals surface area contributed by atoms with E-state index in [2.05, 4.69) is 19.7 Å². The number of anilines is 1. The maximum atomic E-state index is 9.90. The minimum absolute atomic E-state index is 0.124. The van der Waals surface area contributed by atoms with Crippen molar-refractivity contribution in [2.45, 2.75) is 6.92 Å². The van der Waals surface area contributed by atoms with Gasteiger partial charge in [0.1, 0.15) is 5.76 Å². The third-order valence-corrected chi connectivity index (χ3v) is 5.05. The van der Waals surface area contributed by atoms with Crippen molar-refractivity contribution in [3.05, 3.63) is 122 Å². The number of aliphatic hydroxyl groups is 1. The van der Waals surface area contributed by atoms with Crippen molar-refractivity contribution >= 4 is 5.69 Å². The highest BCUT2D eigenvalue weighted by Crippen LogP contribution is 2.30. The van der Waals surface area contributed by atoms with E-state index < -0.39 is 0 Å². The number of aliphatic hydroxyl groups excluding tert-OH is 1. The molecule has 0 fully saturated rings. The predicted molar refractivity (Wildman–Crippen MR) is 134 cm³/mol. The first-order chi connectivity index (χ1) is 15.9. The SMILES string of the molecule is C=C(O)C(=C)N(C(=C)C)c1cccc(-c2nc(-c3ccccc3)nc(-c3ccccc3)n2)c1. The minimum Gasteiger partial charge on any atom is -0.506 e. The van der Waals surface area contributed by atoms with Gasteiger partial charge in [0.05, 0.1) is 5.70 Å². The molecule has 0 aliphatic heterocycles. The zero-order valence-corrected chi connectivity index (χ0v) is 18.4. The maximum Gasteiger partial charge on any atom is 0.164 e. The van der Waals surface area contributed by atoms with Crippen LogP contribution in [0.3, 0.4) is 0 Å². The van der Waals surface area contributed by atoms with E-state index in [0.29, 0.717) is 28.9 Å². The molecular formula is C28H24N4O. The fourth-order valence-corrected chi connectivity index (χ4v) is 3.46. The van der Waals surface area contributed by atoms with Gasteiger partial charge in [-0.3, -0.25) is 0 Å². The van der Waals surface area contributed by atoms with Crippen molar-refractivity contribution in [1.82, 2.24) is 15.0 Å². The number of benzene rings is 3. The van der Waals surface area contributed by atoms with E-state index in [1.807, 2.05) is 91.9 Å². The van der Waals surface area contributed by atoms with Crippen molar-refractivity contribution in [2.75, 3.05) is 4.90 Å². The van der Waals surface area contributed by atoms with Crippen LogP contribution in [0.15, 0.2) is 122 Å². The molecule has 5 nitrogen and oxygen atoms in total. The van der Waals surface area contributed by atoms with Gasteiger partial charge in [-0.15, -0.1) is 0 Å². The van der Waals surface area contributed by atoms with Crippen LogP contribution in [0, 0.1) is 0 Å². The highest BCUT2D eigenvalue weighted by molar-refractivity contribution is 5.71. The summed E-state index contributed by atoms with van der Waals surface area (Å²) in [6.45, 7) is 13.4. The van der Waals surface area contributed by atoms with E-state index in [4.69, 9.17) is 15.0 Å². The summed E-state index contributed by atoms with van der Waals surface area (Å²) in [5.41, 5.74) is 4.42. The second kappa shape index (κ2) is 9.32. The smallest absolute Gasteiger partial charge is 0.164 e. The standard InChI is InChI=1S/C28H24N4O/c1-19(2)32(20(3)21(4)33)25-17-11-16-24(18-25)28-30-26(22-12-7-5-8-13-22)29-27(31-28)23-14-9-6-10-15-23/h5-18,33H,1,3-4H2,2H3. The van der Waals surface area contributed by atoms with Gasteiger partial charge in [-0.05, 0) is 19.1 Å². The van der Waals surface area contributed by atoms with Crippen molar-refractivity contribution in [3.8, 4) is 34.2 Å². The van der Waals surface area contributed by atoms with E-state index in [-0.39, 0.29) is 5.76 Å². The molecule has 1 aromatic heterocycles. The van der Waals surface area contributed by atoms with E-state index in [1.165, 1.54) is 0 Å². The lowest BCUT2D eigenvalue weighted by Crippen LogP contribution is -2.20. The molecule has 0 saturated carbocycles. The van der Waals surface area contributed by atoms with E-state index >= 15 is 0 Å². The average molecular weight is 433 g/mol. The molecule has 0 spiro atoms. The van der Waals surface area contributed by atoms with Gasteiger partial charge < -0.3 is 10.0 Å². The van der Waals surface area contributed by atoms with E-state index in [1.54, 1.807) is 4.90 Å². The summed E-state index contributed by atoms with van der Waals surface area (Å²) in [5.74, 6) is 1.60. The summed E-state index contributed by atoms with van der Waals surface area (Å²) in [4.78, 5) is 16.0. The van der Waals surface area contributed by atoms with Crippen LogP contribution in [-0.4, -0.2) is 20.1 Å². The highest BCUT2D eigenvalue weighted by atomic mass is 16.3. The third kappa shape index (κ3) is 4.72. The number of allylic oxidation sites excluding steroid dienone is 1. The molecule has 4 aromatic rings. The van der Waals surface area contributed by atoms with Crippen LogP contribution in [0.25, 0.3) is 34.2 Å². The van der Waals surface area contributed by atoms with Crippen LogP contribution in [0.1, 0.15) is 6.92 Å². The molecule has 0 bridgehead atoms. The van der Waals surface area contributed by atoms with Gasteiger partial charge in [0.2, 0.25) is 0 Å². The third-order valence-electron chi connectivity index (χ3n) is 5.05. The van der Waals surface area contributed by atoms with Crippen LogP contribution in [0.5, 0.6) is 0 Å². The summed E-state index contributed by atoms with van der Waals surface area (Å²) < 4.78 is 0. The average Bonchev–Trinajstić information content (AvgIpc) is 2.85.